The van der Waals surface area contributed by atoms with E-state index >= 15 is 0 Å². The molecule has 0 N–H and O–H groups in total. The maximum absolute atomic E-state index is 5.20. The van der Waals surface area contributed by atoms with E-state index in [9.17, 15) is 0 Å². The number of benzene rings is 1. The van der Waals surface area contributed by atoms with Crippen molar-refractivity contribution in [3.8, 4) is 16.3 Å². The molecule has 0 aliphatic carbocycles. The summed E-state index contributed by atoms with van der Waals surface area (Å²) in [6.07, 6.45) is 0. The predicted octanol–water partition coefficient (Wildman–Crippen LogP) is 2.82. The molecule has 0 amide bonds. The lowest BCUT2D eigenvalue weighted by atomic mass is 10.2. The van der Waals surface area contributed by atoms with E-state index in [1.165, 1.54) is 11.3 Å². The summed E-state index contributed by atoms with van der Waals surface area (Å²) in [5.41, 5.74) is 3.81. The molecule has 1 aromatic carbocycles. The Morgan fingerprint density at radius 3 is 2.69 bits per heavy atom. The van der Waals surface area contributed by atoms with Crippen LogP contribution >= 0.6 is 11.3 Å². The zero-order valence-electron chi connectivity index (χ0n) is 7.23. The number of nitrogens with zero attached hydrogens (tertiary/aromatic N) is 1. The van der Waals surface area contributed by atoms with Gasteiger partial charge in [-0.1, -0.05) is 41.7 Å². The van der Waals surface area contributed by atoms with E-state index in [0.717, 1.165) is 16.3 Å². The molecule has 2 aromatic rings. The molecule has 3 heteroatoms. The third kappa shape index (κ3) is 1.55. The van der Waals surface area contributed by atoms with Crippen molar-refractivity contribution < 1.29 is 4.74 Å². The molecule has 0 spiro atoms. The minimum atomic E-state index is 0.867. The van der Waals surface area contributed by atoms with Crippen molar-refractivity contribution in [2.75, 3.05) is 7.11 Å². The monoisotopic (exact) mass is 191 g/mol. The fraction of sp³-hybridized carbons (Fsp3) is 0.100. The summed E-state index contributed by atoms with van der Waals surface area (Å²) >= 11 is 1.51. The Morgan fingerprint density at radius 1 is 1.23 bits per heavy atom. The van der Waals surface area contributed by atoms with Gasteiger partial charge in [-0.3, -0.25) is 0 Å². The van der Waals surface area contributed by atoms with Crippen LogP contribution in [-0.2, 0) is 0 Å². The molecule has 0 aliphatic heterocycles. The van der Waals surface area contributed by atoms with Crippen LogP contribution in [0.1, 0.15) is 0 Å². The smallest absolute Gasteiger partial charge is 0.201 e. The number of hydrogen-bond donors (Lipinski definition) is 0. The molecule has 1 heterocycles. The molecule has 0 aliphatic rings. The molecule has 2 rings (SSSR count). The third-order valence-corrected chi connectivity index (χ3v) is 2.55. The summed E-state index contributed by atoms with van der Waals surface area (Å²) < 4.78 is 5.20. The van der Waals surface area contributed by atoms with E-state index in [2.05, 4.69) is 4.98 Å². The highest BCUT2D eigenvalue weighted by atomic mass is 32.1. The van der Waals surface area contributed by atoms with Gasteiger partial charge in [0.05, 0.1) is 12.6 Å². The molecule has 2 nitrogen and oxygen atoms in total. The van der Waals surface area contributed by atoms with Crippen LogP contribution in [0.15, 0.2) is 35.8 Å². The molecule has 0 saturated heterocycles. The zero-order valence-corrected chi connectivity index (χ0v) is 8.04. The highest BCUT2D eigenvalue weighted by Gasteiger charge is 2.07. The first kappa shape index (κ1) is 8.26. The van der Waals surface area contributed by atoms with Crippen molar-refractivity contribution >= 4 is 11.3 Å². The van der Waals surface area contributed by atoms with Gasteiger partial charge >= 0.3 is 0 Å². The molecular formula is C10H9NOS. The van der Waals surface area contributed by atoms with Crippen molar-refractivity contribution in [3.63, 3.8) is 0 Å². The highest BCUT2D eigenvalue weighted by Crippen LogP contribution is 2.31. The molecule has 1 aromatic heterocycles. The Morgan fingerprint density at radius 2 is 2.00 bits per heavy atom. The number of thiazole rings is 1. The van der Waals surface area contributed by atoms with Gasteiger partial charge in [0.2, 0.25) is 5.06 Å². The normalized spacial score (nSPS) is 9.92. The lowest BCUT2D eigenvalue weighted by Crippen LogP contribution is -1.83. The van der Waals surface area contributed by atoms with E-state index in [4.69, 9.17) is 4.74 Å². The highest BCUT2D eigenvalue weighted by molar-refractivity contribution is 7.12. The van der Waals surface area contributed by atoms with Crippen LogP contribution in [0.25, 0.3) is 11.3 Å². The Hall–Kier alpha value is -1.35. The Labute approximate surface area is 80.8 Å². The number of rotatable bonds is 2. The molecule has 13 heavy (non-hydrogen) atoms. The van der Waals surface area contributed by atoms with Crippen molar-refractivity contribution in [3.05, 3.63) is 35.8 Å². The lowest BCUT2D eigenvalue weighted by Gasteiger charge is -1.99. The molecule has 0 atom stereocenters. The maximum atomic E-state index is 5.20. The van der Waals surface area contributed by atoms with Crippen molar-refractivity contribution in [1.29, 1.82) is 0 Å². The van der Waals surface area contributed by atoms with Gasteiger partial charge in [0.25, 0.3) is 0 Å². The minimum Gasteiger partial charge on any atom is -0.486 e. The fourth-order valence-electron chi connectivity index (χ4n) is 1.17. The summed E-state index contributed by atoms with van der Waals surface area (Å²) in [7, 11) is 1.67. The van der Waals surface area contributed by atoms with Gasteiger partial charge in [-0.05, 0) is 0 Å². The molecule has 66 valence electrons. The van der Waals surface area contributed by atoms with Crippen LogP contribution in [0.3, 0.4) is 0 Å². The van der Waals surface area contributed by atoms with Crippen LogP contribution in [-0.4, -0.2) is 12.1 Å². The summed E-state index contributed by atoms with van der Waals surface area (Å²) in [5.74, 6) is 0. The van der Waals surface area contributed by atoms with Gasteiger partial charge < -0.3 is 4.74 Å². The third-order valence-electron chi connectivity index (χ3n) is 1.77. The van der Waals surface area contributed by atoms with Crippen molar-refractivity contribution in [2.45, 2.75) is 0 Å². The second-order valence-corrected chi connectivity index (χ2v) is 3.38. The first-order valence-corrected chi connectivity index (χ1v) is 4.82. The summed E-state index contributed by atoms with van der Waals surface area (Å²) in [5, 5.41) is 0.867. The second-order valence-electron chi connectivity index (χ2n) is 2.56. The number of aromatic nitrogens is 1. The molecular weight excluding hydrogens is 182 g/mol. The summed E-state index contributed by atoms with van der Waals surface area (Å²) in [4.78, 5) is 4.25. The van der Waals surface area contributed by atoms with E-state index in [-0.39, 0.29) is 0 Å². The number of methoxy groups -OCH3 is 1. The van der Waals surface area contributed by atoms with Gasteiger partial charge in [-0.15, -0.1) is 0 Å². The van der Waals surface area contributed by atoms with Crippen molar-refractivity contribution in [1.82, 2.24) is 4.98 Å². The van der Waals surface area contributed by atoms with E-state index in [0.29, 0.717) is 0 Å². The average Bonchev–Trinajstić information content (AvgIpc) is 2.67. The molecule has 0 radical (unpaired) electrons. The molecule has 0 saturated carbocycles. The Bertz CT molecular complexity index is 383. The van der Waals surface area contributed by atoms with Gasteiger partial charge in [0.15, 0.2) is 0 Å². The minimum absolute atomic E-state index is 0.867. The summed E-state index contributed by atoms with van der Waals surface area (Å²) in [6, 6.07) is 10.0. The van der Waals surface area contributed by atoms with Gasteiger partial charge in [-0.2, -0.15) is 0 Å². The Kier molecular flexibility index (Phi) is 2.27. The van der Waals surface area contributed by atoms with Crippen molar-refractivity contribution in [2.24, 2.45) is 0 Å². The van der Waals surface area contributed by atoms with E-state index in [1.54, 1.807) is 12.6 Å². The van der Waals surface area contributed by atoms with Gasteiger partial charge in [0.1, 0.15) is 5.69 Å². The lowest BCUT2D eigenvalue weighted by molar-refractivity contribution is 0.428. The standard InChI is InChI=1S/C10H9NOS/c1-12-10-9(11-7-13-10)8-5-3-2-4-6-8/h2-7H,1H3. The molecule has 0 fully saturated rings. The van der Waals surface area contributed by atoms with Crippen LogP contribution < -0.4 is 4.74 Å². The second kappa shape index (κ2) is 3.58. The zero-order chi connectivity index (χ0) is 9.10. The Balaban J connectivity index is 2.47. The van der Waals surface area contributed by atoms with Crippen LogP contribution in [0.2, 0.25) is 0 Å². The van der Waals surface area contributed by atoms with Crippen LogP contribution in [0, 0.1) is 0 Å². The maximum Gasteiger partial charge on any atom is 0.201 e. The predicted molar refractivity (Wildman–Crippen MR) is 54.1 cm³/mol. The van der Waals surface area contributed by atoms with Gasteiger partial charge in [-0.25, -0.2) is 4.98 Å². The largest absolute Gasteiger partial charge is 0.486 e. The van der Waals surface area contributed by atoms with Gasteiger partial charge in [0, 0.05) is 5.56 Å². The SMILES string of the molecule is COc1scnc1-c1ccccc1. The first-order valence-electron chi connectivity index (χ1n) is 3.94. The molecule has 0 unspecified atom stereocenters. The average molecular weight is 191 g/mol. The summed E-state index contributed by atoms with van der Waals surface area (Å²) in [6.45, 7) is 0. The fourth-order valence-corrected chi connectivity index (χ4v) is 1.80. The topological polar surface area (TPSA) is 22.1 Å². The number of ether oxygens (including phenoxy) is 1. The number of hydrogen-bond acceptors (Lipinski definition) is 3. The molecule has 0 bridgehead atoms. The first-order chi connectivity index (χ1) is 6.42. The van der Waals surface area contributed by atoms with E-state index < -0.39 is 0 Å². The van der Waals surface area contributed by atoms with Crippen LogP contribution in [0.5, 0.6) is 5.06 Å². The van der Waals surface area contributed by atoms with Crippen LogP contribution in [0.4, 0.5) is 0 Å². The van der Waals surface area contributed by atoms with E-state index in [1.807, 2.05) is 30.3 Å². The quantitative estimate of drug-likeness (QED) is 0.728.